The number of amides is 1. The monoisotopic (exact) mass is 329 g/mol. The molecule has 24 heavy (non-hydrogen) atoms. The molecule has 2 aliphatic rings. The Morgan fingerprint density at radius 3 is 2.88 bits per heavy atom. The van der Waals surface area contributed by atoms with Gasteiger partial charge in [0.1, 0.15) is 6.33 Å². The summed E-state index contributed by atoms with van der Waals surface area (Å²) < 4.78 is 12.8. The van der Waals surface area contributed by atoms with Crippen molar-refractivity contribution in [2.45, 2.75) is 31.6 Å². The van der Waals surface area contributed by atoms with E-state index in [0.717, 1.165) is 31.5 Å². The summed E-state index contributed by atoms with van der Waals surface area (Å²) in [6.45, 7) is 1.91. The summed E-state index contributed by atoms with van der Waals surface area (Å²) >= 11 is 0. The Morgan fingerprint density at radius 1 is 1.21 bits per heavy atom. The predicted octanol–water partition coefficient (Wildman–Crippen LogP) is 1.03. The lowest BCUT2D eigenvalue weighted by atomic mass is 10.00. The molecule has 4 rings (SSSR count). The first kappa shape index (κ1) is 15.2. The van der Waals surface area contributed by atoms with Gasteiger partial charge in [0.2, 0.25) is 0 Å². The van der Waals surface area contributed by atoms with Crippen LogP contribution in [-0.2, 0) is 9.47 Å². The fourth-order valence-corrected chi connectivity index (χ4v) is 3.32. The third-order valence-corrected chi connectivity index (χ3v) is 4.48. The lowest BCUT2D eigenvalue weighted by Gasteiger charge is -2.38. The summed E-state index contributed by atoms with van der Waals surface area (Å²) in [5.74, 6) is -0.00581. The molecule has 0 bridgehead atoms. The van der Waals surface area contributed by atoms with E-state index in [4.69, 9.17) is 9.47 Å². The van der Waals surface area contributed by atoms with Crippen LogP contribution in [-0.4, -0.2) is 63.1 Å². The van der Waals surface area contributed by atoms with Crippen molar-refractivity contribution in [3.63, 3.8) is 0 Å². The van der Waals surface area contributed by atoms with Crippen molar-refractivity contribution in [1.29, 1.82) is 0 Å². The molecule has 1 aromatic carbocycles. The van der Waals surface area contributed by atoms with Crippen LogP contribution in [0.25, 0.3) is 5.69 Å². The predicted molar refractivity (Wildman–Crippen MR) is 83.5 cm³/mol. The molecule has 0 aliphatic carbocycles. The van der Waals surface area contributed by atoms with Gasteiger partial charge in [0.15, 0.2) is 6.29 Å². The number of nitrogens with zero attached hydrogens (tertiary/aromatic N) is 5. The first-order valence-corrected chi connectivity index (χ1v) is 8.20. The molecule has 3 heterocycles. The fraction of sp³-hybridized carbons (Fsp3) is 0.500. The van der Waals surface area contributed by atoms with E-state index in [0.29, 0.717) is 18.8 Å². The van der Waals surface area contributed by atoms with Crippen LogP contribution in [0.1, 0.15) is 29.6 Å². The highest BCUT2D eigenvalue weighted by atomic mass is 16.7. The number of hydrogen-bond acceptors (Lipinski definition) is 6. The van der Waals surface area contributed by atoms with E-state index in [1.54, 1.807) is 6.07 Å². The molecule has 0 N–H and O–H groups in total. The van der Waals surface area contributed by atoms with Gasteiger partial charge in [0, 0.05) is 12.1 Å². The number of benzene rings is 1. The SMILES string of the molecule is O=C(c1cccc(-n2cnnn2)c1)N1CCCCC1C1OCCO1. The van der Waals surface area contributed by atoms with Crippen LogP contribution in [0.5, 0.6) is 0 Å². The lowest BCUT2D eigenvalue weighted by molar-refractivity contribution is -0.100. The number of ether oxygens (including phenoxy) is 2. The fourth-order valence-electron chi connectivity index (χ4n) is 3.32. The van der Waals surface area contributed by atoms with Crippen LogP contribution in [0.2, 0.25) is 0 Å². The van der Waals surface area contributed by atoms with Gasteiger partial charge in [-0.15, -0.1) is 5.10 Å². The maximum atomic E-state index is 13.0. The molecular weight excluding hydrogens is 310 g/mol. The molecule has 0 saturated carbocycles. The number of carbonyl (C=O) groups is 1. The summed E-state index contributed by atoms with van der Waals surface area (Å²) in [5, 5.41) is 11.1. The standard InChI is InChI=1S/C16H19N5O3/c22-15(12-4-3-5-13(10-12)21-11-17-18-19-21)20-7-2-1-6-14(20)16-23-8-9-24-16/h3-5,10-11,14,16H,1-2,6-9H2. The molecule has 0 radical (unpaired) electrons. The van der Waals surface area contributed by atoms with Crippen LogP contribution in [0, 0.1) is 0 Å². The van der Waals surface area contributed by atoms with Gasteiger partial charge >= 0.3 is 0 Å². The number of carbonyl (C=O) groups excluding carboxylic acids is 1. The Bertz CT molecular complexity index is 699. The van der Waals surface area contributed by atoms with Crippen molar-refractivity contribution in [3.8, 4) is 5.69 Å². The minimum Gasteiger partial charge on any atom is -0.348 e. The van der Waals surface area contributed by atoms with Crippen LogP contribution in [0.4, 0.5) is 0 Å². The molecule has 1 amide bonds. The summed E-state index contributed by atoms with van der Waals surface area (Å²) in [6, 6.07) is 7.31. The first-order chi connectivity index (χ1) is 11.8. The topological polar surface area (TPSA) is 82.4 Å². The van der Waals surface area contributed by atoms with E-state index in [1.807, 2.05) is 23.1 Å². The highest BCUT2D eigenvalue weighted by molar-refractivity contribution is 5.95. The molecule has 2 saturated heterocycles. The van der Waals surface area contributed by atoms with E-state index in [9.17, 15) is 4.79 Å². The van der Waals surface area contributed by atoms with Gasteiger partial charge in [0.05, 0.1) is 24.9 Å². The summed E-state index contributed by atoms with van der Waals surface area (Å²) in [4.78, 5) is 14.9. The van der Waals surface area contributed by atoms with E-state index >= 15 is 0 Å². The van der Waals surface area contributed by atoms with Crippen molar-refractivity contribution >= 4 is 5.91 Å². The first-order valence-electron chi connectivity index (χ1n) is 8.20. The number of hydrogen-bond donors (Lipinski definition) is 0. The second kappa shape index (κ2) is 6.66. The van der Waals surface area contributed by atoms with Crippen LogP contribution >= 0.6 is 0 Å². The summed E-state index contributed by atoms with van der Waals surface area (Å²) in [7, 11) is 0. The minimum absolute atomic E-state index is 0.00581. The van der Waals surface area contributed by atoms with E-state index in [-0.39, 0.29) is 18.2 Å². The zero-order valence-electron chi connectivity index (χ0n) is 13.2. The number of piperidine rings is 1. The Labute approximate surface area is 139 Å². The van der Waals surface area contributed by atoms with Gasteiger partial charge in [-0.1, -0.05) is 6.07 Å². The second-order valence-corrected chi connectivity index (χ2v) is 5.98. The third kappa shape index (κ3) is 2.90. The van der Waals surface area contributed by atoms with Crippen molar-refractivity contribution < 1.29 is 14.3 Å². The van der Waals surface area contributed by atoms with Gasteiger partial charge in [-0.3, -0.25) is 4.79 Å². The Balaban J connectivity index is 1.58. The number of tetrazole rings is 1. The lowest BCUT2D eigenvalue weighted by Crippen LogP contribution is -2.50. The minimum atomic E-state index is -0.308. The Hall–Kier alpha value is -2.32. The maximum absolute atomic E-state index is 13.0. The van der Waals surface area contributed by atoms with Crippen LogP contribution < -0.4 is 0 Å². The Kier molecular flexibility index (Phi) is 4.22. The molecule has 2 aliphatic heterocycles. The highest BCUT2D eigenvalue weighted by Gasteiger charge is 2.36. The number of aromatic nitrogens is 4. The average molecular weight is 329 g/mol. The van der Waals surface area contributed by atoms with Gasteiger partial charge in [-0.25, -0.2) is 4.68 Å². The van der Waals surface area contributed by atoms with Crippen molar-refractivity contribution in [3.05, 3.63) is 36.2 Å². The van der Waals surface area contributed by atoms with E-state index in [1.165, 1.54) is 11.0 Å². The molecule has 1 unspecified atom stereocenters. The molecule has 0 spiro atoms. The van der Waals surface area contributed by atoms with E-state index in [2.05, 4.69) is 15.5 Å². The molecular formula is C16H19N5O3. The van der Waals surface area contributed by atoms with Gasteiger partial charge in [-0.2, -0.15) is 0 Å². The van der Waals surface area contributed by atoms with Crippen molar-refractivity contribution in [2.75, 3.05) is 19.8 Å². The quantitative estimate of drug-likeness (QED) is 0.836. The molecule has 126 valence electrons. The van der Waals surface area contributed by atoms with Gasteiger partial charge < -0.3 is 14.4 Å². The zero-order chi connectivity index (χ0) is 16.4. The molecule has 1 atom stereocenters. The third-order valence-electron chi connectivity index (χ3n) is 4.48. The van der Waals surface area contributed by atoms with E-state index < -0.39 is 0 Å². The molecule has 2 aromatic rings. The molecule has 1 aromatic heterocycles. The highest BCUT2D eigenvalue weighted by Crippen LogP contribution is 2.26. The smallest absolute Gasteiger partial charge is 0.254 e. The van der Waals surface area contributed by atoms with Crippen LogP contribution in [0.3, 0.4) is 0 Å². The van der Waals surface area contributed by atoms with Gasteiger partial charge in [0.25, 0.3) is 5.91 Å². The maximum Gasteiger partial charge on any atom is 0.254 e. The number of rotatable bonds is 3. The van der Waals surface area contributed by atoms with Crippen LogP contribution in [0.15, 0.2) is 30.6 Å². The molecule has 8 heteroatoms. The average Bonchev–Trinajstić information content (AvgIpc) is 3.35. The second-order valence-electron chi connectivity index (χ2n) is 5.98. The molecule has 8 nitrogen and oxygen atoms in total. The molecule has 2 fully saturated rings. The normalized spacial score (nSPS) is 22.0. The largest absolute Gasteiger partial charge is 0.348 e. The number of likely N-dealkylation sites (tertiary alicyclic amines) is 1. The summed E-state index contributed by atoms with van der Waals surface area (Å²) in [5.41, 5.74) is 1.38. The van der Waals surface area contributed by atoms with Crippen molar-refractivity contribution in [1.82, 2.24) is 25.1 Å². The van der Waals surface area contributed by atoms with Crippen molar-refractivity contribution in [2.24, 2.45) is 0 Å². The van der Waals surface area contributed by atoms with Gasteiger partial charge in [-0.05, 0) is 47.9 Å². The Morgan fingerprint density at radius 2 is 2.08 bits per heavy atom. The zero-order valence-corrected chi connectivity index (χ0v) is 13.2. The summed E-state index contributed by atoms with van der Waals surface area (Å²) in [6.07, 6.45) is 4.19.